The Labute approximate surface area is 120 Å². The molecule has 0 aliphatic carbocycles. The molecule has 0 fully saturated rings. The fourth-order valence-electron chi connectivity index (χ4n) is 2.36. The summed E-state index contributed by atoms with van der Waals surface area (Å²) in [6, 6.07) is 13.9. The van der Waals surface area contributed by atoms with Gasteiger partial charge in [0.1, 0.15) is 5.82 Å². The Bertz CT molecular complexity index is 577. The van der Waals surface area contributed by atoms with Gasteiger partial charge in [0.15, 0.2) is 0 Å². The normalized spacial score (nSPS) is 12.4. The molecule has 20 heavy (non-hydrogen) atoms. The van der Waals surface area contributed by atoms with Gasteiger partial charge < -0.3 is 5.32 Å². The predicted molar refractivity (Wildman–Crippen MR) is 82.5 cm³/mol. The number of hydrogen-bond donors (Lipinski definition) is 1. The van der Waals surface area contributed by atoms with Crippen LogP contribution in [0.25, 0.3) is 0 Å². The van der Waals surface area contributed by atoms with Gasteiger partial charge in [0, 0.05) is 0 Å². The van der Waals surface area contributed by atoms with E-state index in [1.54, 1.807) is 13.0 Å². The van der Waals surface area contributed by atoms with Crippen molar-refractivity contribution in [2.24, 2.45) is 0 Å². The van der Waals surface area contributed by atoms with Gasteiger partial charge in [-0.25, -0.2) is 4.39 Å². The molecule has 0 aliphatic rings. The molecule has 0 radical (unpaired) electrons. The molecule has 2 aromatic carbocycles. The quantitative estimate of drug-likeness (QED) is 0.842. The summed E-state index contributed by atoms with van der Waals surface area (Å²) in [4.78, 5) is 0. The lowest BCUT2D eigenvalue weighted by molar-refractivity contribution is 0.582. The lowest BCUT2D eigenvalue weighted by Gasteiger charge is -2.20. The molecule has 0 amide bonds. The second kappa shape index (κ2) is 6.67. The first-order valence-electron chi connectivity index (χ1n) is 7.18. The maximum absolute atomic E-state index is 13.8. The van der Waals surface area contributed by atoms with Crippen molar-refractivity contribution in [2.75, 3.05) is 6.54 Å². The van der Waals surface area contributed by atoms with Gasteiger partial charge in [0.25, 0.3) is 0 Å². The summed E-state index contributed by atoms with van der Waals surface area (Å²) in [5, 5.41) is 3.51. The molecular formula is C18H22FN. The number of rotatable bonds is 5. The zero-order chi connectivity index (χ0) is 14.5. The SMILES string of the molecule is CCCNC(c1cccc(C)c1)c1ccc(C)c(F)c1. The van der Waals surface area contributed by atoms with Crippen LogP contribution in [-0.4, -0.2) is 6.54 Å². The van der Waals surface area contributed by atoms with Crippen molar-refractivity contribution in [2.45, 2.75) is 33.2 Å². The Balaban J connectivity index is 2.38. The minimum atomic E-state index is -0.140. The van der Waals surface area contributed by atoms with Crippen LogP contribution in [0, 0.1) is 19.7 Å². The Morgan fingerprint density at radius 2 is 1.80 bits per heavy atom. The number of aryl methyl sites for hydroxylation is 2. The Morgan fingerprint density at radius 3 is 2.45 bits per heavy atom. The average molecular weight is 271 g/mol. The number of halogens is 1. The van der Waals surface area contributed by atoms with Gasteiger partial charge in [-0.1, -0.05) is 48.9 Å². The van der Waals surface area contributed by atoms with E-state index in [1.165, 1.54) is 11.1 Å². The molecule has 0 spiro atoms. The summed E-state index contributed by atoms with van der Waals surface area (Å²) >= 11 is 0. The summed E-state index contributed by atoms with van der Waals surface area (Å²) in [6.07, 6.45) is 1.05. The first-order valence-corrected chi connectivity index (χ1v) is 7.18. The van der Waals surface area contributed by atoms with Crippen LogP contribution in [0.5, 0.6) is 0 Å². The van der Waals surface area contributed by atoms with E-state index in [1.807, 2.05) is 12.1 Å². The van der Waals surface area contributed by atoms with Crippen molar-refractivity contribution in [1.82, 2.24) is 5.32 Å². The summed E-state index contributed by atoms with van der Waals surface area (Å²) in [5.41, 5.74) is 4.07. The Hall–Kier alpha value is -1.67. The number of hydrogen-bond acceptors (Lipinski definition) is 1. The van der Waals surface area contributed by atoms with Gasteiger partial charge in [0.05, 0.1) is 6.04 Å². The van der Waals surface area contributed by atoms with Crippen LogP contribution in [0.2, 0.25) is 0 Å². The minimum absolute atomic E-state index is 0.0462. The largest absolute Gasteiger partial charge is 0.306 e. The molecular weight excluding hydrogens is 249 g/mol. The van der Waals surface area contributed by atoms with E-state index in [9.17, 15) is 4.39 Å². The van der Waals surface area contributed by atoms with Crippen LogP contribution in [0.1, 0.15) is 41.6 Å². The standard InChI is InChI=1S/C18H22FN/c1-4-10-20-18(15-7-5-6-13(2)11-15)16-9-8-14(3)17(19)12-16/h5-9,11-12,18,20H,4,10H2,1-3H3. The molecule has 1 unspecified atom stereocenters. The number of benzene rings is 2. The van der Waals surface area contributed by atoms with Gasteiger partial charge in [0.2, 0.25) is 0 Å². The first-order chi connectivity index (χ1) is 9.61. The highest BCUT2D eigenvalue weighted by Crippen LogP contribution is 2.24. The highest BCUT2D eigenvalue weighted by molar-refractivity contribution is 5.35. The van der Waals surface area contributed by atoms with Crippen LogP contribution in [0.15, 0.2) is 42.5 Å². The molecule has 1 nitrogen and oxygen atoms in total. The van der Waals surface area contributed by atoms with Crippen LogP contribution in [0.4, 0.5) is 4.39 Å². The fraction of sp³-hybridized carbons (Fsp3) is 0.333. The predicted octanol–water partition coefficient (Wildman–Crippen LogP) is 4.53. The second-order valence-corrected chi connectivity index (χ2v) is 5.31. The lowest BCUT2D eigenvalue weighted by atomic mass is 9.96. The smallest absolute Gasteiger partial charge is 0.126 e. The molecule has 0 aliphatic heterocycles. The maximum Gasteiger partial charge on any atom is 0.126 e. The molecule has 2 rings (SSSR count). The third-order valence-electron chi connectivity index (χ3n) is 3.50. The summed E-state index contributed by atoms with van der Waals surface area (Å²) < 4.78 is 13.8. The molecule has 0 saturated heterocycles. The van der Waals surface area contributed by atoms with Crippen molar-refractivity contribution in [3.8, 4) is 0 Å². The van der Waals surface area contributed by atoms with E-state index in [2.05, 4.69) is 43.4 Å². The Kier molecular flexibility index (Phi) is 4.91. The zero-order valence-corrected chi connectivity index (χ0v) is 12.4. The molecule has 106 valence electrons. The molecule has 2 heteroatoms. The molecule has 2 aromatic rings. The first kappa shape index (κ1) is 14.7. The van der Waals surface area contributed by atoms with Gasteiger partial charge in [-0.3, -0.25) is 0 Å². The molecule has 0 saturated carbocycles. The van der Waals surface area contributed by atoms with Gasteiger partial charge in [-0.2, -0.15) is 0 Å². The molecule has 1 atom stereocenters. The van der Waals surface area contributed by atoms with E-state index < -0.39 is 0 Å². The van der Waals surface area contributed by atoms with Gasteiger partial charge >= 0.3 is 0 Å². The molecule has 0 bridgehead atoms. The number of nitrogens with one attached hydrogen (secondary N) is 1. The van der Waals surface area contributed by atoms with E-state index in [0.717, 1.165) is 18.5 Å². The van der Waals surface area contributed by atoms with Gasteiger partial charge in [-0.05, 0) is 49.6 Å². The topological polar surface area (TPSA) is 12.0 Å². The van der Waals surface area contributed by atoms with Crippen molar-refractivity contribution in [3.63, 3.8) is 0 Å². The third-order valence-corrected chi connectivity index (χ3v) is 3.50. The van der Waals surface area contributed by atoms with Crippen molar-refractivity contribution >= 4 is 0 Å². The van der Waals surface area contributed by atoms with Crippen LogP contribution in [0.3, 0.4) is 0 Å². The summed E-state index contributed by atoms with van der Waals surface area (Å²) in [5.74, 6) is -0.140. The highest BCUT2D eigenvalue weighted by atomic mass is 19.1. The zero-order valence-electron chi connectivity index (χ0n) is 12.4. The third kappa shape index (κ3) is 3.45. The molecule has 0 aromatic heterocycles. The second-order valence-electron chi connectivity index (χ2n) is 5.31. The van der Waals surface area contributed by atoms with Crippen molar-refractivity contribution in [3.05, 3.63) is 70.5 Å². The highest BCUT2D eigenvalue weighted by Gasteiger charge is 2.14. The van der Waals surface area contributed by atoms with Crippen LogP contribution < -0.4 is 5.32 Å². The summed E-state index contributed by atoms with van der Waals surface area (Å²) in [7, 11) is 0. The minimum Gasteiger partial charge on any atom is -0.306 e. The molecule has 0 heterocycles. The van der Waals surface area contributed by atoms with Crippen LogP contribution in [-0.2, 0) is 0 Å². The van der Waals surface area contributed by atoms with E-state index in [0.29, 0.717) is 5.56 Å². The van der Waals surface area contributed by atoms with Gasteiger partial charge in [-0.15, -0.1) is 0 Å². The molecule has 1 N–H and O–H groups in total. The lowest BCUT2D eigenvalue weighted by Crippen LogP contribution is -2.23. The fourth-order valence-corrected chi connectivity index (χ4v) is 2.36. The van der Waals surface area contributed by atoms with Crippen LogP contribution >= 0.6 is 0 Å². The van der Waals surface area contributed by atoms with E-state index in [-0.39, 0.29) is 11.9 Å². The van der Waals surface area contributed by atoms with E-state index in [4.69, 9.17) is 0 Å². The Morgan fingerprint density at radius 1 is 1.05 bits per heavy atom. The van der Waals surface area contributed by atoms with Crippen molar-refractivity contribution in [1.29, 1.82) is 0 Å². The van der Waals surface area contributed by atoms with E-state index >= 15 is 0 Å². The maximum atomic E-state index is 13.8. The summed E-state index contributed by atoms with van der Waals surface area (Å²) in [6.45, 7) is 6.92. The van der Waals surface area contributed by atoms with Crippen molar-refractivity contribution < 1.29 is 4.39 Å². The monoisotopic (exact) mass is 271 g/mol. The average Bonchev–Trinajstić information content (AvgIpc) is 2.43.